The normalized spacial score (nSPS) is 17.9. The minimum atomic E-state index is -0.202. The van der Waals surface area contributed by atoms with Gasteiger partial charge in [-0.1, -0.05) is 141 Å². The maximum atomic E-state index is 2.57. The molecular weight excluding hydrogens is 653 g/mol. The number of fused-ring (bicyclic) bond motifs is 10. The van der Waals surface area contributed by atoms with Crippen LogP contribution in [-0.2, 0) is 10.8 Å². The number of hydrogen-bond acceptors (Lipinski definition) is 1. The van der Waals surface area contributed by atoms with E-state index >= 15 is 0 Å². The highest BCUT2D eigenvalue weighted by Gasteiger charge is 2.50. The first-order chi connectivity index (χ1) is 26.4. The molecule has 1 atom stereocenters. The lowest BCUT2D eigenvalue weighted by atomic mass is 9.72. The van der Waals surface area contributed by atoms with Gasteiger partial charge >= 0.3 is 0 Å². The second-order valence-corrected chi connectivity index (χ2v) is 16.0. The van der Waals surface area contributed by atoms with Crippen LogP contribution >= 0.6 is 0 Å². The van der Waals surface area contributed by atoms with Gasteiger partial charge in [0.15, 0.2) is 0 Å². The van der Waals surface area contributed by atoms with Crippen molar-refractivity contribution in [1.82, 2.24) is 4.57 Å². The van der Waals surface area contributed by atoms with Crippen molar-refractivity contribution in [2.75, 3.05) is 4.90 Å². The second kappa shape index (κ2) is 11.3. The van der Waals surface area contributed by atoms with E-state index < -0.39 is 0 Å². The van der Waals surface area contributed by atoms with Crippen LogP contribution in [0.3, 0.4) is 0 Å². The molecule has 0 radical (unpaired) electrons. The Labute approximate surface area is 317 Å². The first-order valence-corrected chi connectivity index (χ1v) is 19.2. The maximum absolute atomic E-state index is 2.57. The predicted octanol–water partition coefficient (Wildman–Crippen LogP) is 13.5. The molecule has 3 aliphatic rings. The summed E-state index contributed by atoms with van der Waals surface area (Å²) >= 11 is 0. The van der Waals surface area contributed by atoms with Crippen molar-refractivity contribution >= 4 is 38.8 Å². The van der Waals surface area contributed by atoms with Gasteiger partial charge in [0, 0.05) is 44.2 Å². The predicted molar refractivity (Wildman–Crippen MR) is 227 cm³/mol. The van der Waals surface area contributed by atoms with E-state index in [4.69, 9.17) is 0 Å². The SMILES string of the molecule is CC12CC(c3ccc4c(c3)c3ccccc3n4-c3cccc(-c4ccccc4)c3)=CC=C1N(c1ccccc1)c1c2ccc2c1-c1ccccc1C2(C)C. The Morgan fingerprint density at radius 2 is 1.17 bits per heavy atom. The molecule has 2 nitrogen and oxygen atoms in total. The zero-order chi connectivity index (χ0) is 36.2. The van der Waals surface area contributed by atoms with E-state index in [9.17, 15) is 0 Å². The Kier molecular flexibility index (Phi) is 6.53. The Hall–Kier alpha value is -6.38. The van der Waals surface area contributed by atoms with Crippen molar-refractivity contribution in [2.45, 2.75) is 38.0 Å². The molecule has 2 aliphatic carbocycles. The third kappa shape index (κ3) is 4.28. The first-order valence-electron chi connectivity index (χ1n) is 19.2. The molecule has 0 spiro atoms. The second-order valence-electron chi connectivity index (χ2n) is 16.0. The largest absolute Gasteiger partial charge is 0.312 e. The van der Waals surface area contributed by atoms with Gasteiger partial charge in [-0.05, 0) is 106 Å². The first kappa shape index (κ1) is 31.2. The minimum absolute atomic E-state index is 0.0623. The van der Waals surface area contributed by atoms with Crippen LogP contribution < -0.4 is 4.90 Å². The number of benzene rings is 7. The molecule has 54 heavy (non-hydrogen) atoms. The molecule has 0 bridgehead atoms. The molecule has 8 aromatic rings. The molecule has 1 aromatic heterocycles. The zero-order valence-corrected chi connectivity index (χ0v) is 30.8. The van der Waals surface area contributed by atoms with E-state index in [0.717, 1.165) is 6.42 Å². The Morgan fingerprint density at radius 3 is 2.02 bits per heavy atom. The highest BCUT2D eigenvalue weighted by atomic mass is 15.2. The van der Waals surface area contributed by atoms with Gasteiger partial charge in [0.05, 0.1) is 16.7 Å². The van der Waals surface area contributed by atoms with E-state index in [1.807, 2.05) is 0 Å². The Bertz CT molecular complexity index is 2890. The minimum Gasteiger partial charge on any atom is -0.312 e. The fourth-order valence-electron chi connectivity index (χ4n) is 9.97. The molecule has 0 N–H and O–H groups in total. The maximum Gasteiger partial charge on any atom is 0.0582 e. The number of rotatable bonds is 4. The van der Waals surface area contributed by atoms with Crippen LogP contribution in [0.1, 0.15) is 49.4 Å². The lowest BCUT2D eigenvalue weighted by molar-refractivity contribution is 0.585. The number of anilines is 2. The average Bonchev–Trinajstić information content (AvgIpc) is 3.78. The van der Waals surface area contributed by atoms with Gasteiger partial charge in [-0.25, -0.2) is 0 Å². The molecular formula is C52H40N2. The summed E-state index contributed by atoms with van der Waals surface area (Å²) in [5, 5.41) is 2.56. The van der Waals surface area contributed by atoms with Gasteiger partial charge < -0.3 is 9.47 Å². The molecule has 7 aromatic carbocycles. The third-order valence-electron chi connectivity index (χ3n) is 12.6. The lowest BCUT2D eigenvalue weighted by Crippen LogP contribution is -2.28. The van der Waals surface area contributed by atoms with Gasteiger partial charge in [0.1, 0.15) is 0 Å². The number of hydrogen-bond donors (Lipinski definition) is 0. The monoisotopic (exact) mass is 692 g/mol. The van der Waals surface area contributed by atoms with Crippen LogP contribution in [-0.4, -0.2) is 4.57 Å². The summed E-state index contributed by atoms with van der Waals surface area (Å²) in [5.41, 5.74) is 19.3. The van der Waals surface area contributed by atoms with Crippen molar-refractivity contribution in [1.29, 1.82) is 0 Å². The third-order valence-corrected chi connectivity index (χ3v) is 12.6. The standard InChI is InChI=1S/C52H40N2/c1-51(2)43-23-12-10-22-41(43)49-44(51)27-28-45-50(49)54(38-18-8-5-9-19-38)48-30-26-37(33-52(45,48)3)36-25-29-47-42(32-36)40-21-11-13-24-46(40)53(47)39-20-14-17-35(31-39)34-15-6-4-7-16-34/h4-32H,33H2,1-3H3. The van der Waals surface area contributed by atoms with Crippen LogP contribution in [0.4, 0.5) is 11.4 Å². The summed E-state index contributed by atoms with van der Waals surface area (Å²) < 4.78 is 2.43. The number of para-hydroxylation sites is 2. The Morgan fingerprint density at radius 1 is 0.481 bits per heavy atom. The van der Waals surface area contributed by atoms with Crippen LogP contribution in [0.5, 0.6) is 0 Å². The van der Waals surface area contributed by atoms with Gasteiger partial charge in [-0.15, -0.1) is 0 Å². The molecule has 1 aliphatic heterocycles. The smallest absolute Gasteiger partial charge is 0.0582 e. The van der Waals surface area contributed by atoms with Gasteiger partial charge in [0.2, 0.25) is 0 Å². The van der Waals surface area contributed by atoms with Crippen molar-refractivity contribution in [3.63, 3.8) is 0 Å². The van der Waals surface area contributed by atoms with E-state index in [1.165, 1.54) is 94.6 Å². The molecule has 1 unspecified atom stereocenters. The number of nitrogens with zero attached hydrogens (tertiary/aromatic N) is 2. The lowest BCUT2D eigenvalue weighted by Gasteiger charge is -2.34. The van der Waals surface area contributed by atoms with E-state index in [-0.39, 0.29) is 10.8 Å². The molecule has 0 amide bonds. The van der Waals surface area contributed by atoms with Crippen molar-refractivity contribution in [3.05, 3.63) is 204 Å². The molecule has 0 fully saturated rings. The fraction of sp³-hybridized carbons (Fsp3) is 0.115. The van der Waals surface area contributed by atoms with Gasteiger partial charge in [-0.3, -0.25) is 0 Å². The molecule has 2 heterocycles. The molecule has 11 rings (SSSR count). The summed E-state index contributed by atoms with van der Waals surface area (Å²) in [5.74, 6) is 0. The van der Waals surface area contributed by atoms with Crippen LogP contribution in [0.2, 0.25) is 0 Å². The van der Waals surface area contributed by atoms with Crippen molar-refractivity contribution in [3.8, 4) is 27.9 Å². The summed E-state index contributed by atoms with van der Waals surface area (Å²) in [6, 6.07) is 60.5. The highest BCUT2D eigenvalue weighted by Crippen LogP contribution is 2.63. The van der Waals surface area contributed by atoms with Gasteiger partial charge in [0.25, 0.3) is 0 Å². The van der Waals surface area contributed by atoms with Crippen LogP contribution in [0.25, 0.3) is 55.3 Å². The van der Waals surface area contributed by atoms with Crippen molar-refractivity contribution < 1.29 is 0 Å². The summed E-state index contributed by atoms with van der Waals surface area (Å²) in [7, 11) is 0. The molecule has 0 saturated heterocycles. The van der Waals surface area contributed by atoms with Crippen LogP contribution in [0, 0.1) is 0 Å². The number of allylic oxidation sites excluding steroid dienone is 4. The highest BCUT2D eigenvalue weighted by molar-refractivity contribution is 6.10. The average molecular weight is 693 g/mol. The number of aromatic nitrogens is 1. The molecule has 258 valence electrons. The molecule has 0 saturated carbocycles. The topological polar surface area (TPSA) is 8.17 Å². The summed E-state index contributed by atoms with van der Waals surface area (Å²) in [4.78, 5) is 2.57. The quantitative estimate of drug-likeness (QED) is 0.178. The Balaban J connectivity index is 1.07. The van der Waals surface area contributed by atoms with E-state index in [2.05, 4.69) is 206 Å². The van der Waals surface area contributed by atoms with Gasteiger partial charge in [-0.2, -0.15) is 0 Å². The molecule has 2 heteroatoms. The summed E-state index contributed by atoms with van der Waals surface area (Å²) in [6.07, 6.45) is 5.72. The van der Waals surface area contributed by atoms with Crippen molar-refractivity contribution in [2.24, 2.45) is 0 Å². The van der Waals surface area contributed by atoms with E-state index in [1.54, 1.807) is 0 Å². The zero-order valence-electron chi connectivity index (χ0n) is 30.8. The van der Waals surface area contributed by atoms with E-state index in [0.29, 0.717) is 0 Å². The fourth-order valence-corrected chi connectivity index (χ4v) is 9.97. The van der Waals surface area contributed by atoms with Crippen LogP contribution in [0.15, 0.2) is 182 Å². The summed E-state index contributed by atoms with van der Waals surface area (Å²) in [6.45, 7) is 7.23.